The SMILES string of the molecule is CCNCC(CCOCC(F)(F)F)CC(C)C. The lowest BCUT2D eigenvalue weighted by Crippen LogP contribution is -2.25. The Labute approximate surface area is 102 Å². The first-order chi connectivity index (χ1) is 7.85. The number of hydrogen-bond acceptors (Lipinski definition) is 2. The van der Waals surface area contributed by atoms with Crippen LogP contribution in [0.4, 0.5) is 13.2 Å². The van der Waals surface area contributed by atoms with Crippen molar-refractivity contribution in [1.29, 1.82) is 0 Å². The lowest BCUT2D eigenvalue weighted by Gasteiger charge is -2.19. The molecule has 0 heterocycles. The molecule has 0 spiro atoms. The maximum absolute atomic E-state index is 11.9. The van der Waals surface area contributed by atoms with Crippen LogP contribution in [-0.4, -0.2) is 32.5 Å². The minimum Gasteiger partial charge on any atom is -0.372 e. The molecule has 0 aromatic rings. The summed E-state index contributed by atoms with van der Waals surface area (Å²) >= 11 is 0. The molecular formula is C12H24F3NO. The number of nitrogens with one attached hydrogen (secondary N) is 1. The number of alkyl halides is 3. The minimum atomic E-state index is -4.21. The highest BCUT2D eigenvalue weighted by Gasteiger charge is 2.27. The normalized spacial score (nSPS) is 14.3. The average Bonchev–Trinajstić information content (AvgIpc) is 2.18. The van der Waals surface area contributed by atoms with Crippen molar-refractivity contribution in [3.05, 3.63) is 0 Å². The highest BCUT2D eigenvalue weighted by molar-refractivity contribution is 4.64. The van der Waals surface area contributed by atoms with Crippen LogP contribution in [0.1, 0.15) is 33.6 Å². The zero-order valence-corrected chi connectivity index (χ0v) is 10.9. The number of ether oxygens (including phenoxy) is 1. The molecule has 0 amide bonds. The first-order valence-electron chi connectivity index (χ1n) is 6.20. The van der Waals surface area contributed by atoms with E-state index in [1.54, 1.807) is 0 Å². The van der Waals surface area contributed by atoms with Crippen molar-refractivity contribution in [2.45, 2.75) is 39.8 Å². The Morgan fingerprint density at radius 1 is 1.24 bits per heavy atom. The Kier molecular flexibility index (Phi) is 8.60. The molecule has 0 radical (unpaired) electrons. The zero-order chi connectivity index (χ0) is 13.3. The molecule has 0 bridgehead atoms. The van der Waals surface area contributed by atoms with Crippen LogP contribution in [0.2, 0.25) is 0 Å². The van der Waals surface area contributed by atoms with E-state index in [2.05, 4.69) is 23.9 Å². The Morgan fingerprint density at radius 2 is 1.88 bits per heavy atom. The molecule has 1 unspecified atom stereocenters. The van der Waals surface area contributed by atoms with E-state index in [4.69, 9.17) is 0 Å². The summed E-state index contributed by atoms with van der Waals surface area (Å²) in [7, 11) is 0. The van der Waals surface area contributed by atoms with E-state index in [1.165, 1.54) is 0 Å². The van der Waals surface area contributed by atoms with Crippen LogP contribution < -0.4 is 5.32 Å². The Balaban J connectivity index is 3.75. The molecule has 0 aliphatic carbocycles. The van der Waals surface area contributed by atoms with Gasteiger partial charge in [0.2, 0.25) is 0 Å². The van der Waals surface area contributed by atoms with Gasteiger partial charge in [-0.3, -0.25) is 0 Å². The van der Waals surface area contributed by atoms with Gasteiger partial charge in [0.1, 0.15) is 6.61 Å². The minimum absolute atomic E-state index is 0.183. The molecule has 0 aliphatic rings. The van der Waals surface area contributed by atoms with Gasteiger partial charge < -0.3 is 10.1 Å². The van der Waals surface area contributed by atoms with Crippen molar-refractivity contribution in [3.8, 4) is 0 Å². The topological polar surface area (TPSA) is 21.3 Å². The highest BCUT2D eigenvalue weighted by atomic mass is 19.4. The van der Waals surface area contributed by atoms with Crippen LogP contribution in [0.25, 0.3) is 0 Å². The van der Waals surface area contributed by atoms with Crippen LogP contribution in [0.5, 0.6) is 0 Å². The van der Waals surface area contributed by atoms with Gasteiger partial charge in [-0.15, -0.1) is 0 Å². The van der Waals surface area contributed by atoms with Crippen LogP contribution >= 0.6 is 0 Å². The van der Waals surface area contributed by atoms with Crippen molar-refractivity contribution in [1.82, 2.24) is 5.32 Å². The molecule has 0 aliphatic heterocycles. The smallest absolute Gasteiger partial charge is 0.372 e. The third kappa shape index (κ3) is 12.0. The molecule has 1 N–H and O–H groups in total. The molecule has 0 aromatic heterocycles. The zero-order valence-electron chi connectivity index (χ0n) is 10.9. The second-order valence-electron chi connectivity index (χ2n) is 4.76. The molecule has 0 saturated heterocycles. The molecule has 1 atom stereocenters. The molecule has 104 valence electrons. The van der Waals surface area contributed by atoms with E-state index in [9.17, 15) is 13.2 Å². The summed E-state index contributed by atoms with van der Waals surface area (Å²) in [6.45, 7) is 7.05. The van der Waals surface area contributed by atoms with Gasteiger partial charge in [-0.1, -0.05) is 20.8 Å². The van der Waals surface area contributed by atoms with Gasteiger partial charge in [-0.2, -0.15) is 13.2 Å². The summed E-state index contributed by atoms with van der Waals surface area (Å²) in [6.07, 6.45) is -2.52. The van der Waals surface area contributed by atoms with E-state index in [1.807, 2.05) is 6.92 Å². The second kappa shape index (κ2) is 8.75. The van der Waals surface area contributed by atoms with Crippen LogP contribution in [0.15, 0.2) is 0 Å². The van der Waals surface area contributed by atoms with Gasteiger partial charge in [0.05, 0.1) is 0 Å². The van der Waals surface area contributed by atoms with Gasteiger partial charge >= 0.3 is 6.18 Å². The predicted octanol–water partition coefficient (Wildman–Crippen LogP) is 3.23. The summed E-state index contributed by atoms with van der Waals surface area (Å²) in [6, 6.07) is 0. The monoisotopic (exact) mass is 255 g/mol. The van der Waals surface area contributed by atoms with Gasteiger partial charge in [0, 0.05) is 6.61 Å². The van der Waals surface area contributed by atoms with E-state index in [-0.39, 0.29) is 6.61 Å². The molecule has 2 nitrogen and oxygen atoms in total. The van der Waals surface area contributed by atoms with Gasteiger partial charge in [-0.25, -0.2) is 0 Å². The van der Waals surface area contributed by atoms with E-state index in [0.29, 0.717) is 18.3 Å². The predicted molar refractivity (Wildman–Crippen MR) is 63.0 cm³/mol. The highest BCUT2D eigenvalue weighted by Crippen LogP contribution is 2.17. The van der Waals surface area contributed by atoms with Crippen LogP contribution in [0, 0.1) is 11.8 Å². The fraction of sp³-hybridized carbons (Fsp3) is 1.00. The van der Waals surface area contributed by atoms with E-state index in [0.717, 1.165) is 19.5 Å². The van der Waals surface area contributed by atoms with E-state index < -0.39 is 12.8 Å². The van der Waals surface area contributed by atoms with Crippen molar-refractivity contribution >= 4 is 0 Å². The fourth-order valence-corrected chi connectivity index (χ4v) is 1.76. The molecule has 0 saturated carbocycles. The Bertz CT molecular complexity index is 183. The maximum atomic E-state index is 11.9. The van der Waals surface area contributed by atoms with Gasteiger partial charge in [0.25, 0.3) is 0 Å². The average molecular weight is 255 g/mol. The number of hydrogen-bond donors (Lipinski definition) is 1. The maximum Gasteiger partial charge on any atom is 0.411 e. The summed E-state index contributed by atoms with van der Waals surface area (Å²) in [5.41, 5.74) is 0. The van der Waals surface area contributed by atoms with Crippen molar-refractivity contribution in [3.63, 3.8) is 0 Å². The molecule has 0 fully saturated rings. The fourth-order valence-electron chi connectivity index (χ4n) is 1.76. The quantitative estimate of drug-likeness (QED) is 0.639. The summed E-state index contributed by atoms with van der Waals surface area (Å²) < 4.78 is 40.2. The molecule has 17 heavy (non-hydrogen) atoms. The second-order valence-corrected chi connectivity index (χ2v) is 4.76. The van der Waals surface area contributed by atoms with E-state index >= 15 is 0 Å². The Morgan fingerprint density at radius 3 is 2.35 bits per heavy atom. The first-order valence-corrected chi connectivity index (χ1v) is 6.20. The number of halogens is 3. The molecular weight excluding hydrogens is 231 g/mol. The van der Waals surface area contributed by atoms with Crippen molar-refractivity contribution < 1.29 is 17.9 Å². The largest absolute Gasteiger partial charge is 0.411 e. The van der Waals surface area contributed by atoms with Gasteiger partial charge in [0.15, 0.2) is 0 Å². The lowest BCUT2D eigenvalue weighted by atomic mass is 9.94. The standard InChI is InChI=1S/C12H24F3NO/c1-4-16-8-11(7-10(2)3)5-6-17-9-12(13,14)15/h10-11,16H,4-9H2,1-3H3. The summed E-state index contributed by atoms with van der Waals surface area (Å²) in [4.78, 5) is 0. The Hall–Kier alpha value is -0.290. The third-order valence-electron chi connectivity index (χ3n) is 2.42. The van der Waals surface area contributed by atoms with Crippen LogP contribution in [-0.2, 0) is 4.74 Å². The third-order valence-corrected chi connectivity index (χ3v) is 2.42. The summed E-state index contributed by atoms with van der Waals surface area (Å²) in [5, 5.41) is 3.23. The van der Waals surface area contributed by atoms with Crippen molar-refractivity contribution in [2.24, 2.45) is 11.8 Å². The first kappa shape index (κ1) is 16.7. The molecule has 5 heteroatoms. The molecule has 0 aromatic carbocycles. The van der Waals surface area contributed by atoms with Crippen LogP contribution in [0.3, 0.4) is 0 Å². The van der Waals surface area contributed by atoms with Crippen molar-refractivity contribution in [2.75, 3.05) is 26.3 Å². The summed E-state index contributed by atoms with van der Waals surface area (Å²) in [5.74, 6) is 0.949. The number of rotatable bonds is 9. The lowest BCUT2D eigenvalue weighted by molar-refractivity contribution is -0.174. The van der Waals surface area contributed by atoms with Gasteiger partial charge in [-0.05, 0) is 37.8 Å². The molecule has 0 rings (SSSR count).